The maximum Gasteiger partial charge on any atom is 0.411 e. The molecule has 5 atom stereocenters. The molecule has 0 radical (unpaired) electrons. The fourth-order valence-electron chi connectivity index (χ4n) is 3.53. The minimum absolute atomic E-state index is 0.000882. The summed E-state index contributed by atoms with van der Waals surface area (Å²) in [6, 6.07) is 6.88. The van der Waals surface area contributed by atoms with Gasteiger partial charge in [0.15, 0.2) is 6.17 Å². The highest BCUT2D eigenvalue weighted by atomic mass is 19.2. The van der Waals surface area contributed by atoms with Crippen LogP contribution in [0.4, 0.5) is 13.6 Å². The predicted octanol–water partition coefficient (Wildman–Crippen LogP) is 2.64. The standard InChI is InChI=1S/C17H19F2NO4/c1-2-23-16(21)15-11-8-12(14(19)13(11)18)20(15)17(22)24-9-10-6-4-3-5-7-10/h3-7,11-15H,2,8-9H2,1H3/t11-,12-,13-,14+,15+/m1/s1. The first kappa shape index (κ1) is 16.7. The highest BCUT2D eigenvalue weighted by Gasteiger charge is 2.63. The monoisotopic (exact) mass is 339 g/mol. The quantitative estimate of drug-likeness (QED) is 0.792. The summed E-state index contributed by atoms with van der Waals surface area (Å²) in [6.07, 6.45) is -4.28. The number of piperidine rings is 1. The van der Waals surface area contributed by atoms with Crippen LogP contribution in [0.15, 0.2) is 30.3 Å². The van der Waals surface area contributed by atoms with Crippen LogP contribution in [0, 0.1) is 5.92 Å². The maximum atomic E-state index is 14.0. The molecule has 1 saturated carbocycles. The second-order valence-corrected chi connectivity index (χ2v) is 6.00. The number of halogens is 2. The topological polar surface area (TPSA) is 55.8 Å². The van der Waals surface area contributed by atoms with Crippen LogP contribution >= 0.6 is 0 Å². The fourth-order valence-corrected chi connectivity index (χ4v) is 3.53. The molecule has 1 aliphatic heterocycles. The molecule has 2 bridgehead atoms. The number of fused-ring (bicyclic) bond motifs is 2. The zero-order chi connectivity index (χ0) is 17.3. The molecule has 24 heavy (non-hydrogen) atoms. The molecule has 1 heterocycles. The molecule has 1 aromatic rings. The molecule has 130 valence electrons. The Balaban J connectivity index is 1.73. The lowest BCUT2D eigenvalue weighted by Gasteiger charge is -2.36. The first-order valence-electron chi connectivity index (χ1n) is 7.98. The van der Waals surface area contributed by atoms with Crippen LogP contribution in [0.2, 0.25) is 0 Å². The number of nitrogens with zero attached hydrogens (tertiary/aromatic N) is 1. The largest absolute Gasteiger partial charge is 0.464 e. The van der Waals surface area contributed by atoms with Gasteiger partial charge in [-0.1, -0.05) is 30.3 Å². The number of ether oxygens (including phenoxy) is 2. The number of esters is 1. The number of carbonyl (C=O) groups excluding carboxylic acids is 2. The summed E-state index contributed by atoms with van der Waals surface area (Å²) < 4.78 is 38.1. The van der Waals surface area contributed by atoms with Crippen molar-refractivity contribution in [3.8, 4) is 0 Å². The molecular weight excluding hydrogens is 320 g/mol. The molecule has 0 aromatic heterocycles. The zero-order valence-electron chi connectivity index (χ0n) is 13.2. The van der Waals surface area contributed by atoms with Gasteiger partial charge in [0.25, 0.3) is 0 Å². The number of alkyl halides is 2. The van der Waals surface area contributed by atoms with Crippen LogP contribution in [-0.2, 0) is 20.9 Å². The Morgan fingerprint density at radius 1 is 1.17 bits per heavy atom. The number of amides is 1. The number of carbonyl (C=O) groups is 2. The second kappa shape index (κ2) is 6.75. The number of rotatable bonds is 4. The van der Waals surface area contributed by atoms with Gasteiger partial charge >= 0.3 is 12.1 Å². The van der Waals surface area contributed by atoms with Crippen molar-refractivity contribution in [3.05, 3.63) is 35.9 Å². The predicted molar refractivity (Wildman–Crippen MR) is 80.6 cm³/mol. The molecule has 1 saturated heterocycles. The van der Waals surface area contributed by atoms with Gasteiger partial charge in [-0.25, -0.2) is 18.4 Å². The lowest BCUT2D eigenvalue weighted by Crippen LogP contribution is -2.56. The summed E-state index contributed by atoms with van der Waals surface area (Å²) >= 11 is 0. The lowest BCUT2D eigenvalue weighted by atomic mass is 9.96. The fraction of sp³-hybridized carbons (Fsp3) is 0.529. The molecule has 0 unspecified atom stereocenters. The van der Waals surface area contributed by atoms with E-state index < -0.39 is 42.4 Å². The number of hydrogen-bond acceptors (Lipinski definition) is 4. The average molecular weight is 339 g/mol. The van der Waals surface area contributed by atoms with Gasteiger partial charge in [0.05, 0.1) is 12.6 Å². The molecular formula is C17H19F2NO4. The lowest BCUT2D eigenvalue weighted by molar-refractivity contribution is -0.153. The molecule has 3 rings (SSSR count). The van der Waals surface area contributed by atoms with Crippen molar-refractivity contribution in [1.82, 2.24) is 4.90 Å². The van der Waals surface area contributed by atoms with Gasteiger partial charge in [-0.3, -0.25) is 4.90 Å². The van der Waals surface area contributed by atoms with Crippen LogP contribution < -0.4 is 0 Å². The average Bonchev–Trinajstić information content (AvgIpc) is 3.11. The van der Waals surface area contributed by atoms with Crippen molar-refractivity contribution in [2.24, 2.45) is 5.92 Å². The zero-order valence-corrected chi connectivity index (χ0v) is 13.2. The van der Waals surface area contributed by atoms with Crippen molar-refractivity contribution >= 4 is 12.1 Å². The van der Waals surface area contributed by atoms with E-state index in [-0.39, 0.29) is 19.6 Å². The van der Waals surface area contributed by atoms with E-state index in [9.17, 15) is 18.4 Å². The Kier molecular flexibility index (Phi) is 4.69. The van der Waals surface area contributed by atoms with Gasteiger partial charge < -0.3 is 9.47 Å². The van der Waals surface area contributed by atoms with Crippen LogP contribution in [0.5, 0.6) is 0 Å². The molecule has 2 fully saturated rings. The minimum atomic E-state index is -1.80. The van der Waals surface area contributed by atoms with Crippen molar-refractivity contribution in [1.29, 1.82) is 0 Å². The summed E-state index contributed by atoms with van der Waals surface area (Å²) in [4.78, 5) is 25.5. The summed E-state index contributed by atoms with van der Waals surface area (Å²) in [7, 11) is 0. The third kappa shape index (κ3) is 2.83. The third-order valence-electron chi connectivity index (χ3n) is 4.60. The number of hydrogen-bond donors (Lipinski definition) is 0. The molecule has 5 nitrogen and oxygen atoms in total. The summed E-state index contributed by atoms with van der Waals surface area (Å²) in [5.41, 5.74) is 0.767. The molecule has 0 spiro atoms. The van der Waals surface area contributed by atoms with Crippen LogP contribution in [-0.4, -0.2) is 48.0 Å². The van der Waals surface area contributed by atoms with Gasteiger partial charge in [0, 0.05) is 5.92 Å². The minimum Gasteiger partial charge on any atom is -0.464 e. The van der Waals surface area contributed by atoms with Gasteiger partial charge in [0.1, 0.15) is 18.8 Å². The Labute approximate surface area is 138 Å². The Morgan fingerprint density at radius 3 is 2.54 bits per heavy atom. The summed E-state index contributed by atoms with van der Waals surface area (Å²) in [5.74, 6) is -1.59. The number of benzene rings is 1. The molecule has 0 N–H and O–H groups in total. The van der Waals surface area contributed by atoms with Gasteiger partial charge in [-0.15, -0.1) is 0 Å². The van der Waals surface area contributed by atoms with Crippen molar-refractivity contribution in [2.45, 2.75) is 44.4 Å². The molecule has 2 aliphatic rings. The van der Waals surface area contributed by atoms with Crippen molar-refractivity contribution in [3.63, 3.8) is 0 Å². The number of likely N-dealkylation sites (tertiary alicyclic amines) is 1. The molecule has 1 amide bonds. The van der Waals surface area contributed by atoms with E-state index in [4.69, 9.17) is 9.47 Å². The van der Waals surface area contributed by atoms with E-state index in [0.717, 1.165) is 10.5 Å². The molecule has 7 heteroatoms. The van der Waals surface area contributed by atoms with E-state index in [1.165, 1.54) is 0 Å². The normalized spacial score (nSPS) is 31.1. The smallest absolute Gasteiger partial charge is 0.411 e. The van der Waals surface area contributed by atoms with Crippen LogP contribution in [0.25, 0.3) is 0 Å². The first-order chi connectivity index (χ1) is 11.5. The van der Waals surface area contributed by atoms with E-state index in [0.29, 0.717) is 0 Å². The Bertz CT molecular complexity index is 612. The Morgan fingerprint density at radius 2 is 1.88 bits per heavy atom. The summed E-state index contributed by atoms with van der Waals surface area (Å²) in [5, 5.41) is 0. The van der Waals surface area contributed by atoms with E-state index >= 15 is 0 Å². The van der Waals surface area contributed by atoms with Crippen LogP contribution in [0.3, 0.4) is 0 Å². The third-order valence-corrected chi connectivity index (χ3v) is 4.60. The van der Waals surface area contributed by atoms with Gasteiger partial charge in [0.2, 0.25) is 0 Å². The van der Waals surface area contributed by atoms with Crippen molar-refractivity contribution < 1.29 is 27.8 Å². The summed E-state index contributed by atoms with van der Waals surface area (Å²) in [6.45, 7) is 1.72. The van der Waals surface area contributed by atoms with Gasteiger partial charge in [-0.2, -0.15) is 0 Å². The van der Waals surface area contributed by atoms with Crippen LogP contribution in [0.1, 0.15) is 18.9 Å². The highest BCUT2D eigenvalue weighted by molar-refractivity contribution is 5.83. The van der Waals surface area contributed by atoms with E-state index in [1.807, 2.05) is 6.07 Å². The van der Waals surface area contributed by atoms with Crippen molar-refractivity contribution in [2.75, 3.05) is 6.61 Å². The molecule has 1 aliphatic carbocycles. The highest BCUT2D eigenvalue weighted by Crippen LogP contribution is 2.46. The second-order valence-electron chi connectivity index (χ2n) is 6.00. The SMILES string of the molecule is CCOC(=O)[C@@H]1[C@@H]2C[C@H]([C@H](F)[C@@H]2F)N1C(=O)OCc1ccccc1. The first-order valence-corrected chi connectivity index (χ1v) is 7.98. The van der Waals surface area contributed by atoms with Gasteiger partial charge in [-0.05, 0) is 18.9 Å². The van der Waals surface area contributed by atoms with E-state index in [1.54, 1.807) is 31.2 Å². The van der Waals surface area contributed by atoms with E-state index in [2.05, 4.69) is 0 Å². The molecule has 1 aromatic carbocycles. The Hall–Kier alpha value is -2.18. The maximum absolute atomic E-state index is 14.0.